The van der Waals surface area contributed by atoms with Crippen molar-refractivity contribution in [3.8, 4) is 35.3 Å². The number of para-hydroxylation sites is 3. The molecule has 0 amide bonds. The molecule has 12 aromatic rings. The van der Waals surface area contributed by atoms with Gasteiger partial charge in [-0.2, -0.15) is 15.8 Å². The third-order valence-electron chi connectivity index (χ3n) is 15.7. The van der Waals surface area contributed by atoms with E-state index in [1.54, 1.807) is 49.6 Å². The van der Waals surface area contributed by atoms with Gasteiger partial charge in [-0.1, -0.05) is 70.5 Å². The number of aliphatic carboxylic acids is 1. The van der Waals surface area contributed by atoms with E-state index in [2.05, 4.69) is 38.2 Å². The van der Waals surface area contributed by atoms with Crippen molar-refractivity contribution in [1.29, 1.82) is 15.8 Å². The van der Waals surface area contributed by atoms with Gasteiger partial charge in [-0.05, 0) is 121 Å². The molecule has 1 fully saturated rings. The van der Waals surface area contributed by atoms with Crippen molar-refractivity contribution in [3.63, 3.8) is 0 Å². The van der Waals surface area contributed by atoms with Gasteiger partial charge >= 0.3 is 17.9 Å². The molecule has 6 aromatic carbocycles. The number of ether oxygens (including phenoxy) is 2. The topological polar surface area (TPSA) is 398 Å². The van der Waals surface area contributed by atoms with Gasteiger partial charge in [0.25, 0.3) is 33.7 Å². The second kappa shape index (κ2) is 31.5. The van der Waals surface area contributed by atoms with Crippen LogP contribution in [0.25, 0.3) is 82.9 Å². The van der Waals surface area contributed by atoms with Crippen LogP contribution in [0.4, 0.5) is 17.1 Å². The first-order valence-electron chi connectivity index (χ1n) is 31.5. The number of H-pyrrole nitrogens is 1. The number of carbonyl (C=O) groups is 3. The first-order valence-corrected chi connectivity index (χ1v) is 32.7. The van der Waals surface area contributed by atoms with Gasteiger partial charge in [0.2, 0.25) is 0 Å². The Morgan fingerprint density at radius 1 is 0.505 bits per heavy atom. The lowest BCUT2D eigenvalue weighted by Gasteiger charge is -2.21. The maximum atomic E-state index is 13.2. The van der Waals surface area contributed by atoms with Gasteiger partial charge in [-0.15, -0.1) is 0 Å². The Morgan fingerprint density at radius 3 is 1.21 bits per heavy atom. The fourth-order valence-corrected chi connectivity index (χ4v) is 11.5. The van der Waals surface area contributed by atoms with Crippen LogP contribution in [0.15, 0.2) is 178 Å². The van der Waals surface area contributed by atoms with Crippen LogP contribution in [0.3, 0.4) is 0 Å². The monoisotopic (exact) mass is 1460 g/mol. The number of carboxylic acids is 1. The Kier molecular flexibility index (Phi) is 22.7. The molecule has 6 aromatic heterocycles. The lowest BCUT2D eigenvalue weighted by Crippen LogP contribution is -2.40. The lowest BCUT2D eigenvalue weighted by molar-refractivity contribution is -0.385. The summed E-state index contributed by atoms with van der Waals surface area (Å²) in [4.78, 5) is 110. The van der Waals surface area contributed by atoms with Crippen molar-refractivity contribution in [3.05, 3.63) is 242 Å². The first kappa shape index (κ1) is 74.3. The van der Waals surface area contributed by atoms with Crippen LogP contribution in [0.5, 0.6) is 0 Å². The van der Waals surface area contributed by atoms with Gasteiger partial charge in [0.1, 0.15) is 64.5 Å². The molecule has 0 saturated carbocycles. The van der Waals surface area contributed by atoms with Gasteiger partial charge < -0.3 is 38.9 Å². The van der Waals surface area contributed by atoms with E-state index in [4.69, 9.17) is 9.47 Å². The number of nitrogens with one attached hydrogen (secondary N) is 2. The molecule has 1 aliphatic rings. The molecule has 13 rings (SSSR count). The summed E-state index contributed by atoms with van der Waals surface area (Å²) < 4.78 is 17.7. The van der Waals surface area contributed by atoms with Crippen molar-refractivity contribution >= 4 is 117 Å². The van der Waals surface area contributed by atoms with Gasteiger partial charge in [0.15, 0.2) is 0 Å². The molecule has 1 aliphatic heterocycles. The van der Waals surface area contributed by atoms with Gasteiger partial charge in [0.05, 0.1) is 58.9 Å². The highest BCUT2D eigenvalue weighted by Crippen LogP contribution is 2.34. The maximum Gasteiger partial charge on any atom is 0.326 e. The van der Waals surface area contributed by atoms with Crippen molar-refractivity contribution in [2.24, 2.45) is 0 Å². The summed E-state index contributed by atoms with van der Waals surface area (Å²) in [6.45, 7) is 15.1. The summed E-state index contributed by atoms with van der Waals surface area (Å²) in [5.74, 6) is -1.75. The number of pyridine rings is 3. The largest absolute Gasteiger partial charge is 0.480 e. The van der Waals surface area contributed by atoms with Crippen LogP contribution >= 0.6 is 15.9 Å². The van der Waals surface area contributed by atoms with Gasteiger partial charge in [-0.25, -0.2) is 0 Å². The van der Waals surface area contributed by atoms with Crippen LogP contribution in [0, 0.1) is 64.3 Å². The molecule has 0 aliphatic carbocycles. The van der Waals surface area contributed by atoms with E-state index in [-0.39, 0.29) is 63.7 Å². The quantitative estimate of drug-likeness (QED) is 0.0468. The molecular weight excluding hydrogens is 1390 g/mol. The van der Waals surface area contributed by atoms with Gasteiger partial charge in [0, 0.05) is 101 Å². The third kappa shape index (κ3) is 16.9. The number of benzene rings is 6. The molecule has 0 radical (unpaired) electrons. The molecule has 30 heteroatoms. The number of hydrogen-bond acceptors (Lipinski definition) is 19. The molecule has 103 heavy (non-hydrogen) atoms. The number of non-ortho nitro benzene ring substituents is 3. The number of rotatable bonds is 11. The number of piperazine rings is 1. The van der Waals surface area contributed by atoms with E-state index in [9.17, 15) is 80.0 Å². The number of nitro groups is 3. The standard InChI is InChI=1S/C24H20N4O5.C20H12N4O5.C18H10N4O3.C6H11BrO2.C5H12N2/c1-24(2,3)33-21(29)14-26-19-7-5-4-6-18(19)22-20(26)12-15(13-25)23(30)27(22)16-8-10-17(11-9-16)28(31)32;21-10-12-9-17-19(15-3-1-2-4-16(15)22(17)11-18(25)26)23(20(12)27)13-5-7-14(8-6-13)24(28)29;19-10-11-9-16-17(14-3-1-2-4-15(14)20-16)21(18(11)23)12-5-7-13(8-6-12)22(24)25;1-6(2,3)9-5(8)4-7;1-7-4-2-6-3-5-7/h4-12H,14H2,1-3H3;1-9H,11H2,(H,25,26);1-9,20H;4H2,1-3H3;6H,2-5H2,1H3. The summed E-state index contributed by atoms with van der Waals surface area (Å²) in [6, 6.07) is 48.3. The molecule has 3 N–H and O–H groups in total. The van der Waals surface area contributed by atoms with Gasteiger partial charge in [-0.3, -0.25) is 72.8 Å². The molecule has 1 saturated heterocycles. The number of aromatic amines is 1. The Balaban J connectivity index is 0.000000162. The molecular formula is C73H65BrN14O15. The number of carbonyl (C=O) groups excluding carboxylic acids is 2. The zero-order valence-corrected chi connectivity index (χ0v) is 58.0. The number of likely N-dealkylation sites (N-methyl/N-ethyl adjacent to an activating group) is 1. The Morgan fingerprint density at radius 2 is 0.864 bits per heavy atom. The Hall–Kier alpha value is -13.0. The number of carboxylic acid groups (broad SMARTS) is 1. The average Bonchev–Trinajstić information content (AvgIpc) is 1.60. The molecule has 0 unspecified atom stereocenters. The van der Waals surface area contributed by atoms with E-state index in [1.807, 2.05) is 87.5 Å². The van der Waals surface area contributed by atoms with E-state index in [0.29, 0.717) is 72.0 Å². The van der Waals surface area contributed by atoms with Crippen molar-refractivity contribution in [1.82, 2.24) is 38.0 Å². The average molecular weight is 1460 g/mol. The molecule has 7 heterocycles. The van der Waals surface area contributed by atoms with Crippen molar-refractivity contribution in [2.45, 2.75) is 65.8 Å². The fourth-order valence-electron chi connectivity index (χ4n) is 11.4. The highest BCUT2D eigenvalue weighted by molar-refractivity contribution is 9.09. The van der Waals surface area contributed by atoms with Crippen LogP contribution in [-0.4, -0.2) is 120 Å². The number of aromatic nitrogens is 6. The second-order valence-corrected chi connectivity index (χ2v) is 25.7. The van der Waals surface area contributed by atoms with Crippen molar-refractivity contribution in [2.75, 3.05) is 38.6 Å². The number of halogens is 1. The second-order valence-electron chi connectivity index (χ2n) is 25.1. The normalized spacial score (nSPS) is 12.0. The predicted octanol–water partition coefficient (Wildman–Crippen LogP) is 11.4. The minimum atomic E-state index is -1.07. The number of hydrogen-bond donors (Lipinski definition) is 3. The highest BCUT2D eigenvalue weighted by Gasteiger charge is 2.26. The summed E-state index contributed by atoms with van der Waals surface area (Å²) in [7, 11) is 2.15. The highest BCUT2D eigenvalue weighted by atomic mass is 79.9. The van der Waals surface area contributed by atoms with Crippen LogP contribution in [0.2, 0.25) is 0 Å². The number of nitrogens with zero attached hydrogens (tertiary/aromatic N) is 12. The third-order valence-corrected chi connectivity index (χ3v) is 16.1. The van der Waals surface area contributed by atoms with Crippen LogP contribution < -0.4 is 22.0 Å². The summed E-state index contributed by atoms with van der Waals surface area (Å²) in [6.07, 6.45) is 0. The number of alkyl halides is 1. The zero-order valence-electron chi connectivity index (χ0n) is 56.4. The predicted molar refractivity (Wildman–Crippen MR) is 389 cm³/mol. The summed E-state index contributed by atoms with van der Waals surface area (Å²) in [5, 5.41) is 76.2. The van der Waals surface area contributed by atoms with E-state index >= 15 is 0 Å². The minimum absolute atomic E-state index is 0.00240. The number of esters is 2. The SMILES string of the molecule is CC(C)(C)OC(=O)CBr.CC(C)(C)OC(=O)Cn1c2ccccc2c2c1cc(C#N)c(=O)n2-c1ccc([N+](=O)[O-])cc1.CN1CCNCC1.N#Cc1cc2[nH]c3ccccc3c2n(-c2ccc([N+](=O)[O-])cc2)c1=O.N#Cc1cc2c(c3ccccc3n2CC(=O)O)n(-c2ccc([N+](=O)[O-])cc2)c1=O. The van der Waals surface area contributed by atoms with E-state index in [1.165, 1.54) is 122 Å². The minimum Gasteiger partial charge on any atom is -0.480 e. The lowest BCUT2D eigenvalue weighted by atomic mass is 10.2. The van der Waals surface area contributed by atoms with Crippen LogP contribution in [-0.2, 0) is 36.9 Å². The van der Waals surface area contributed by atoms with E-state index < -0.39 is 49.0 Å². The Labute approximate surface area is 592 Å². The molecule has 0 spiro atoms. The molecule has 29 nitrogen and oxygen atoms in total. The zero-order chi connectivity index (χ0) is 74.8. The number of nitro benzene ring substituents is 3. The van der Waals surface area contributed by atoms with Crippen LogP contribution in [0.1, 0.15) is 58.2 Å². The summed E-state index contributed by atoms with van der Waals surface area (Å²) in [5.41, 5.74) is 3.14. The molecule has 0 atom stereocenters. The first-order chi connectivity index (χ1) is 49.0. The smallest absolute Gasteiger partial charge is 0.326 e. The van der Waals surface area contributed by atoms with E-state index in [0.717, 1.165) is 24.0 Å². The fraction of sp³-hybridized carbons (Fsp3) is 0.219. The number of nitriles is 3. The molecule has 0 bridgehead atoms. The van der Waals surface area contributed by atoms with Crippen molar-refractivity contribution < 1.29 is 43.7 Å². The maximum absolute atomic E-state index is 13.2. The Bertz CT molecular complexity index is 5640. The summed E-state index contributed by atoms with van der Waals surface area (Å²) >= 11 is 2.99. The molecule has 524 valence electrons. The number of fused-ring (bicyclic) bond motifs is 9.